The number of carbonyl (C=O) groups excluding carboxylic acids is 1. The Balaban J connectivity index is 1.81. The number of carbonyl (C=O) groups is 1. The lowest BCUT2D eigenvalue weighted by atomic mass is 10.1. The lowest BCUT2D eigenvalue weighted by Crippen LogP contribution is -2.13. The van der Waals surface area contributed by atoms with Crippen LogP contribution in [0.1, 0.15) is 27.5 Å². The van der Waals surface area contributed by atoms with Crippen LogP contribution in [0.2, 0.25) is 5.02 Å². The lowest BCUT2D eigenvalue weighted by Gasteiger charge is -2.08. The van der Waals surface area contributed by atoms with Gasteiger partial charge in [0, 0.05) is 23.0 Å². The molecule has 3 rings (SSSR count). The molecule has 0 aliphatic carbocycles. The monoisotopic (exact) mass is 362 g/mol. The average molecular weight is 363 g/mol. The van der Waals surface area contributed by atoms with Crippen molar-refractivity contribution < 1.29 is 18.4 Å². The predicted octanol–water partition coefficient (Wildman–Crippen LogP) is 4.44. The van der Waals surface area contributed by atoms with E-state index in [1.807, 2.05) is 18.4 Å². The molecule has 2 aromatic heterocycles. The van der Waals surface area contributed by atoms with Crippen LogP contribution in [0.3, 0.4) is 0 Å². The van der Waals surface area contributed by atoms with Gasteiger partial charge in [-0.05, 0) is 45.0 Å². The summed E-state index contributed by atoms with van der Waals surface area (Å²) in [5.74, 6) is 0.895. The van der Waals surface area contributed by atoms with Crippen LogP contribution >= 0.6 is 11.6 Å². The van der Waals surface area contributed by atoms with Crippen LogP contribution in [0.4, 0.5) is 4.39 Å². The fourth-order valence-corrected chi connectivity index (χ4v) is 2.89. The zero-order valence-electron chi connectivity index (χ0n) is 14.0. The fourth-order valence-electron chi connectivity index (χ4n) is 2.67. The van der Waals surface area contributed by atoms with Crippen LogP contribution in [-0.4, -0.2) is 22.1 Å². The molecule has 0 saturated heterocycles. The first-order chi connectivity index (χ1) is 11.9. The number of aryl methyl sites for hydroxylation is 2. The smallest absolute Gasteiger partial charge is 0.202 e. The van der Waals surface area contributed by atoms with Gasteiger partial charge >= 0.3 is 0 Å². The number of Topliss-reactive ketones (excluding diaryl/α,β-unsaturated/α-hetero) is 1. The number of hydrogen-bond donors (Lipinski definition) is 0. The van der Waals surface area contributed by atoms with Crippen molar-refractivity contribution in [3.63, 3.8) is 0 Å². The summed E-state index contributed by atoms with van der Waals surface area (Å²) in [6.07, 6.45) is 0. The Bertz CT molecular complexity index is 946. The molecular formula is C18H16ClFN2O3. The molecule has 0 aliphatic heterocycles. The van der Waals surface area contributed by atoms with Crippen LogP contribution in [-0.2, 0) is 0 Å². The second-order valence-electron chi connectivity index (χ2n) is 5.70. The van der Waals surface area contributed by atoms with E-state index in [-0.39, 0.29) is 23.2 Å². The Labute approximate surface area is 148 Å². The number of benzene rings is 1. The molecule has 0 spiro atoms. The highest BCUT2D eigenvalue weighted by Gasteiger charge is 2.19. The van der Waals surface area contributed by atoms with Gasteiger partial charge in [0.25, 0.3) is 0 Å². The number of halogens is 2. The number of ether oxygens (including phenoxy) is 1. The summed E-state index contributed by atoms with van der Waals surface area (Å²) in [5.41, 5.74) is 2.12. The Hall–Kier alpha value is -2.60. The summed E-state index contributed by atoms with van der Waals surface area (Å²) in [5, 5.41) is 4.11. The molecule has 1 aromatic carbocycles. The third-order valence-corrected chi connectivity index (χ3v) is 4.12. The zero-order valence-corrected chi connectivity index (χ0v) is 14.7. The van der Waals surface area contributed by atoms with Crippen LogP contribution < -0.4 is 4.74 Å². The topological polar surface area (TPSA) is 57.3 Å². The summed E-state index contributed by atoms with van der Waals surface area (Å²) in [6, 6.07) is 7.33. The zero-order chi connectivity index (χ0) is 18.1. The minimum atomic E-state index is -0.463. The summed E-state index contributed by atoms with van der Waals surface area (Å²) < 4.78 is 25.4. The van der Waals surface area contributed by atoms with E-state index in [0.29, 0.717) is 17.1 Å². The van der Waals surface area contributed by atoms with E-state index >= 15 is 0 Å². The molecule has 0 fully saturated rings. The van der Waals surface area contributed by atoms with E-state index in [9.17, 15) is 9.18 Å². The Morgan fingerprint density at radius 3 is 2.68 bits per heavy atom. The van der Waals surface area contributed by atoms with E-state index in [4.69, 9.17) is 20.9 Å². The van der Waals surface area contributed by atoms with E-state index in [1.165, 1.54) is 12.1 Å². The third-order valence-electron chi connectivity index (χ3n) is 3.83. The molecule has 0 aliphatic rings. The average Bonchev–Trinajstić information content (AvgIpc) is 3.09. The van der Waals surface area contributed by atoms with Gasteiger partial charge in [0.05, 0.1) is 5.02 Å². The molecule has 0 atom stereocenters. The molecule has 130 valence electrons. The Morgan fingerprint density at radius 1 is 1.28 bits per heavy atom. The maximum Gasteiger partial charge on any atom is 0.202 e. The van der Waals surface area contributed by atoms with Gasteiger partial charge in [0.1, 0.15) is 17.3 Å². The number of nitrogens with zero attached hydrogens (tertiary/aromatic N) is 2. The molecule has 25 heavy (non-hydrogen) atoms. The number of hydrogen-bond acceptors (Lipinski definition) is 4. The first-order valence-electron chi connectivity index (χ1n) is 7.60. The second-order valence-corrected chi connectivity index (χ2v) is 6.11. The van der Waals surface area contributed by atoms with E-state index in [2.05, 4.69) is 5.16 Å². The molecule has 0 saturated carbocycles. The quantitative estimate of drug-likeness (QED) is 0.629. The molecule has 0 bridgehead atoms. The van der Waals surface area contributed by atoms with Crippen molar-refractivity contribution in [1.29, 1.82) is 0 Å². The predicted molar refractivity (Wildman–Crippen MR) is 91.3 cm³/mol. The van der Waals surface area contributed by atoms with Gasteiger partial charge in [-0.25, -0.2) is 4.39 Å². The van der Waals surface area contributed by atoms with Crippen molar-refractivity contribution in [1.82, 2.24) is 9.72 Å². The first-order valence-corrected chi connectivity index (χ1v) is 7.98. The fraction of sp³-hybridized carbons (Fsp3) is 0.222. The van der Waals surface area contributed by atoms with Crippen molar-refractivity contribution in [3.8, 4) is 11.6 Å². The van der Waals surface area contributed by atoms with Crippen molar-refractivity contribution in [3.05, 3.63) is 63.9 Å². The standard InChI is InChI=1S/C18H16ClFN2O3/c1-10-6-14(12(3)22(10)18-7-11(2)25-21-18)16(23)9-24-17-5-4-13(20)8-15(17)19/h4-8H,9H2,1-3H3. The van der Waals surface area contributed by atoms with Gasteiger partial charge < -0.3 is 9.26 Å². The van der Waals surface area contributed by atoms with Crippen LogP contribution in [0, 0.1) is 26.6 Å². The van der Waals surface area contributed by atoms with Crippen LogP contribution in [0.5, 0.6) is 5.75 Å². The Kier molecular flexibility index (Phi) is 4.63. The molecule has 5 nitrogen and oxygen atoms in total. The molecule has 2 heterocycles. The lowest BCUT2D eigenvalue weighted by molar-refractivity contribution is 0.0921. The normalized spacial score (nSPS) is 10.9. The summed E-state index contributed by atoms with van der Waals surface area (Å²) >= 11 is 5.90. The van der Waals surface area contributed by atoms with Crippen molar-refractivity contribution in [2.24, 2.45) is 0 Å². The molecular weight excluding hydrogens is 347 g/mol. The highest BCUT2D eigenvalue weighted by atomic mass is 35.5. The van der Waals surface area contributed by atoms with Gasteiger partial charge in [-0.2, -0.15) is 0 Å². The number of ketones is 1. The van der Waals surface area contributed by atoms with Crippen LogP contribution in [0.25, 0.3) is 5.82 Å². The van der Waals surface area contributed by atoms with Gasteiger partial charge in [0.2, 0.25) is 5.78 Å². The largest absolute Gasteiger partial charge is 0.484 e. The molecule has 3 aromatic rings. The Morgan fingerprint density at radius 2 is 2.04 bits per heavy atom. The first kappa shape index (κ1) is 17.2. The summed E-state index contributed by atoms with van der Waals surface area (Å²) in [4.78, 5) is 12.5. The molecule has 7 heteroatoms. The van der Waals surface area contributed by atoms with Gasteiger partial charge in [-0.1, -0.05) is 16.8 Å². The van der Waals surface area contributed by atoms with Crippen molar-refractivity contribution >= 4 is 17.4 Å². The maximum atomic E-state index is 13.1. The maximum absolute atomic E-state index is 13.1. The summed E-state index contributed by atoms with van der Waals surface area (Å²) in [7, 11) is 0. The minimum Gasteiger partial charge on any atom is -0.484 e. The van der Waals surface area contributed by atoms with Gasteiger partial charge in [0.15, 0.2) is 12.4 Å². The van der Waals surface area contributed by atoms with Crippen LogP contribution in [0.15, 0.2) is 34.9 Å². The van der Waals surface area contributed by atoms with E-state index in [1.54, 1.807) is 19.1 Å². The van der Waals surface area contributed by atoms with E-state index in [0.717, 1.165) is 17.5 Å². The number of rotatable bonds is 5. The molecule has 0 radical (unpaired) electrons. The highest BCUT2D eigenvalue weighted by Crippen LogP contribution is 2.26. The highest BCUT2D eigenvalue weighted by molar-refractivity contribution is 6.32. The summed E-state index contributed by atoms with van der Waals surface area (Å²) in [6.45, 7) is 5.31. The van der Waals surface area contributed by atoms with Gasteiger partial charge in [-0.3, -0.25) is 9.36 Å². The minimum absolute atomic E-state index is 0.122. The van der Waals surface area contributed by atoms with Crippen molar-refractivity contribution in [2.45, 2.75) is 20.8 Å². The van der Waals surface area contributed by atoms with Gasteiger partial charge in [-0.15, -0.1) is 0 Å². The molecule has 0 N–H and O–H groups in total. The molecule has 0 amide bonds. The van der Waals surface area contributed by atoms with Crippen molar-refractivity contribution in [2.75, 3.05) is 6.61 Å². The molecule has 0 unspecified atom stereocenters. The van der Waals surface area contributed by atoms with E-state index < -0.39 is 5.82 Å². The second kappa shape index (κ2) is 6.72. The third kappa shape index (κ3) is 3.44. The number of aromatic nitrogens is 2. The SMILES string of the molecule is Cc1cc(-n2c(C)cc(C(=O)COc3ccc(F)cc3Cl)c2C)no1.